The van der Waals surface area contributed by atoms with Crippen LogP contribution in [0.25, 0.3) is 0 Å². The van der Waals surface area contributed by atoms with Crippen molar-refractivity contribution < 1.29 is 16.8 Å². The minimum Gasteiger partial charge on any atom is -0.271 e. The second-order valence-electron chi connectivity index (χ2n) is 7.83. The third-order valence-corrected chi connectivity index (χ3v) is 7.75. The molecule has 0 unspecified atom stereocenters. The highest BCUT2D eigenvalue weighted by Crippen LogP contribution is 2.21. The fourth-order valence-corrected chi connectivity index (χ4v) is 6.61. The van der Waals surface area contributed by atoms with E-state index in [0.717, 1.165) is 0 Å². The number of hydrogen-bond acceptors (Lipinski definition) is 4. The van der Waals surface area contributed by atoms with Crippen LogP contribution in [0.15, 0.2) is 24.3 Å². The molecule has 0 saturated heterocycles. The van der Waals surface area contributed by atoms with E-state index in [1.165, 1.54) is 32.9 Å². The Kier molecular flexibility index (Phi) is 8.31. The molecule has 0 saturated carbocycles. The van der Waals surface area contributed by atoms with Crippen LogP contribution in [0.2, 0.25) is 0 Å². The van der Waals surface area contributed by atoms with Crippen molar-refractivity contribution in [3.8, 4) is 0 Å². The van der Waals surface area contributed by atoms with Gasteiger partial charge in [0.25, 0.3) is 0 Å². The van der Waals surface area contributed by atoms with Crippen LogP contribution in [-0.2, 0) is 20.4 Å². The Bertz CT molecular complexity index is 746. The van der Waals surface area contributed by atoms with Crippen LogP contribution in [0.3, 0.4) is 0 Å². The van der Waals surface area contributed by atoms with Crippen molar-refractivity contribution in [3.05, 3.63) is 24.3 Å². The lowest BCUT2D eigenvalue weighted by Crippen LogP contribution is -2.45. The number of nitrogens with zero attached hydrogens (tertiary/aromatic N) is 2. The highest BCUT2D eigenvalue weighted by Gasteiger charge is 2.29. The van der Waals surface area contributed by atoms with Crippen molar-refractivity contribution in [2.75, 3.05) is 9.44 Å². The zero-order valence-electron chi connectivity index (χ0n) is 18.0. The highest BCUT2D eigenvalue weighted by molar-refractivity contribution is 7.90. The predicted octanol–water partition coefficient (Wildman–Crippen LogP) is 3.24. The van der Waals surface area contributed by atoms with Crippen LogP contribution in [0, 0.1) is 0 Å². The van der Waals surface area contributed by atoms with E-state index < -0.39 is 20.4 Å². The molecule has 1 rings (SSSR count). The third-order valence-electron chi connectivity index (χ3n) is 3.97. The fourth-order valence-electron chi connectivity index (χ4n) is 3.31. The molecule has 1 aromatic rings. The van der Waals surface area contributed by atoms with Gasteiger partial charge in [-0.25, -0.2) is 0 Å². The van der Waals surface area contributed by atoms with Crippen molar-refractivity contribution in [2.45, 2.75) is 79.6 Å². The molecule has 0 amide bonds. The molecule has 0 aliphatic carbocycles. The predicted molar refractivity (Wildman–Crippen MR) is 116 cm³/mol. The molecular weight excluding hydrogens is 400 g/mol. The van der Waals surface area contributed by atoms with Gasteiger partial charge in [-0.05, 0) is 79.7 Å². The van der Waals surface area contributed by atoms with Crippen LogP contribution in [0.5, 0.6) is 0 Å². The van der Waals surface area contributed by atoms with Gasteiger partial charge in [0.05, 0.1) is 0 Å². The monoisotopic (exact) mass is 434 g/mol. The number of hydrogen-bond donors (Lipinski definition) is 2. The van der Waals surface area contributed by atoms with Gasteiger partial charge in [0.15, 0.2) is 0 Å². The first-order chi connectivity index (χ1) is 12.7. The normalized spacial score (nSPS) is 13.4. The van der Waals surface area contributed by atoms with E-state index in [9.17, 15) is 16.8 Å². The van der Waals surface area contributed by atoms with Gasteiger partial charge in [0.2, 0.25) is 0 Å². The first kappa shape index (κ1) is 24.7. The van der Waals surface area contributed by atoms with E-state index in [1.54, 1.807) is 0 Å². The topological polar surface area (TPSA) is 98.8 Å². The molecule has 0 atom stereocenters. The van der Waals surface area contributed by atoms with E-state index in [4.69, 9.17) is 0 Å². The van der Waals surface area contributed by atoms with Gasteiger partial charge in [-0.2, -0.15) is 25.4 Å². The molecular formula is C18H34N4O4S2. The van der Waals surface area contributed by atoms with Gasteiger partial charge < -0.3 is 0 Å². The summed E-state index contributed by atoms with van der Waals surface area (Å²) in [5, 5.41) is 0. The lowest BCUT2D eigenvalue weighted by atomic mass is 10.3. The summed E-state index contributed by atoms with van der Waals surface area (Å²) in [5.74, 6) is 0. The highest BCUT2D eigenvalue weighted by atomic mass is 32.2. The zero-order chi connectivity index (χ0) is 21.9. The molecule has 0 aliphatic rings. The Morgan fingerprint density at radius 2 is 0.786 bits per heavy atom. The second-order valence-corrected chi connectivity index (χ2v) is 11.0. The molecule has 28 heavy (non-hydrogen) atoms. The van der Waals surface area contributed by atoms with Gasteiger partial charge in [-0.3, -0.25) is 9.44 Å². The van der Waals surface area contributed by atoms with Crippen LogP contribution in [0.1, 0.15) is 55.4 Å². The average Bonchev–Trinajstić information content (AvgIpc) is 2.45. The van der Waals surface area contributed by atoms with Crippen LogP contribution in [0.4, 0.5) is 11.4 Å². The van der Waals surface area contributed by atoms with Gasteiger partial charge in [-0.1, -0.05) is 0 Å². The third kappa shape index (κ3) is 6.33. The van der Waals surface area contributed by atoms with Crippen molar-refractivity contribution in [2.24, 2.45) is 0 Å². The molecule has 2 N–H and O–H groups in total. The Balaban J connectivity index is 3.01. The standard InChI is InChI=1S/C18H34N4O4S2/c1-13(2)21(14(3)4)27(23,24)19-17-9-11-18(12-10-17)20-28(25,26)22(15(5)6)16(7)8/h9-16,19-20H,1-8H3. The molecule has 0 spiro atoms. The SMILES string of the molecule is CC(C)N(C(C)C)S(=O)(=O)Nc1ccc(NS(=O)(=O)N(C(C)C)C(C)C)cc1. The maximum atomic E-state index is 12.6. The van der Waals surface area contributed by atoms with E-state index in [-0.39, 0.29) is 24.2 Å². The Morgan fingerprint density at radius 1 is 0.571 bits per heavy atom. The quantitative estimate of drug-likeness (QED) is 0.590. The van der Waals surface area contributed by atoms with Gasteiger partial charge in [0.1, 0.15) is 0 Å². The number of nitrogens with one attached hydrogen (secondary N) is 2. The fraction of sp³-hybridized carbons (Fsp3) is 0.667. The maximum Gasteiger partial charge on any atom is 0.302 e. The first-order valence-corrected chi connectivity index (χ1v) is 12.3. The molecule has 162 valence electrons. The van der Waals surface area contributed by atoms with E-state index >= 15 is 0 Å². The van der Waals surface area contributed by atoms with Crippen molar-refractivity contribution in [1.29, 1.82) is 0 Å². The maximum absolute atomic E-state index is 12.6. The molecule has 0 aliphatic heterocycles. The molecule has 0 radical (unpaired) electrons. The molecule has 8 nitrogen and oxygen atoms in total. The minimum absolute atomic E-state index is 0.193. The summed E-state index contributed by atoms with van der Waals surface area (Å²) in [6.07, 6.45) is 0. The van der Waals surface area contributed by atoms with E-state index in [2.05, 4.69) is 9.44 Å². The summed E-state index contributed by atoms with van der Waals surface area (Å²) in [6, 6.07) is 5.35. The summed E-state index contributed by atoms with van der Waals surface area (Å²) < 4.78 is 58.4. The lowest BCUT2D eigenvalue weighted by Gasteiger charge is -2.30. The lowest BCUT2D eigenvalue weighted by molar-refractivity contribution is 0.303. The van der Waals surface area contributed by atoms with Crippen molar-refractivity contribution in [3.63, 3.8) is 0 Å². The number of anilines is 2. The molecule has 0 aromatic heterocycles. The molecule has 10 heteroatoms. The van der Waals surface area contributed by atoms with E-state index in [0.29, 0.717) is 11.4 Å². The first-order valence-electron chi connectivity index (χ1n) is 9.41. The van der Waals surface area contributed by atoms with Gasteiger partial charge in [-0.15, -0.1) is 0 Å². The Morgan fingerprint density at radius 3 is 0.964 bits per heavy atom. The largest absolute Gasteiger partial charge is 0.302 e. The number of rotatable bonds is 10. The average molecular weight is 435 g/mol. The Hall–Kier alpha value is -1.36. The smallest absolute Gasteiger partial charge is 0.271 e. The summed E-state index contributed by atoms with van der Waals surface area (Å²) in [6.45, 7) is 14.5. The van der Waals surface area contributed by atoms with Gasteiger partial charge in [0, 0.05) is 35.5 Å². The minimum atomic E-state index is -3.72. The van der Waals surface area contributed by atoms with Crippen LogP contribution in [-0.4, -0.2) is 49.6 Å². The van der Waals surface area contributed by atoms with Crippen LogP contribution >= 0.6 is 0 Å². The molecule has 1 aromatic carbocycles. The summed E-state index contributed by atoms with van der Waals surface area (Å²) in [4.78, 5) is 0. The molecule has 0 heterocycles. The summed E-state index contributed by atoms with van der Waals surface area (Å²) in [5.41, 5.74) is 0.720. The molecule has 0 fully saturated rings. The Labute approximate surface area is 170 Å². The van der Waals surface area contributed by atoms with Crippen LogP contribution < -0.4 is 9.44 Å². The van der Waals surface area contributed by atoms with Crippen molar-refractivity contribution in [1.82, 2.24) is 8.61 Å². The zero-order valence-corrected chi connectivity index (χ0v) is 19.6. The van der Waals surface area contributed by atoms with Crippen molar-refractivity contribution >= 4 is 31.8 Å². The summed E-state index contributed by atoms with van der Waals surface area (Å²) in [7, 11) is -7.44. The number of benzene rings is 1. The van der Waals surface area contributed by atoms with Gasteiger partial charge >= 0.3 is 20.4 Å². The van der Waals surface area contributed by atoms with E-state index in [1.807, 2.05) is 55.4 Å². The molecule has 0 bridgehead atoms. The summed E-state index contributed by atoms with van der Waals surface area (Å²) >= 11 is 0. The second kappa shape index (κ2) is 9.43.